The molecule has 25 heavy (non-hydrogen) atoms. The summed E-state index contributed by atoms with van der Waals surface area (Å²) in [4.78, 5) is 12.3. The van der Waals surface area contributed by atoms with Crippen LogP contribution in [0.25, 0.3) is 11.5 Å². The van der Waals surface area contributed by atoms with Gasteiger partial charge in [-0.1, -0.05) is 49.7 Å². The molecule has 0 saturated heterocycles. The highest BCUT2D eigenvalue weighted by Crippen LogP contribution is 2.28. The van der Waals surface area contributed by atoms with Gasteiger partial charge in [0.05, 0.1) is 5.25 Å². The molecule has 2 aromatic carbocycles. The van der Waals surface area contributed by atoms with Gasteiger partial charge in [0.15, 0.2) is 0 Å². The van der Waals surface area contributed by atoms with Crippen LogP contribution in [0.2, 0.25) is 0 Å². The Kier molecular flexibility index (Phi) is 5.93. The van der Waals surface area contributed by atoms with Gasteiger partial charge in [-0.3, -0.25) is 4.79 Å². The predicted octanol–water partition coefficient (Wildman–Crippen LogP) is 5.38. The van der Waals surface area contributed by atoms with Crippen LogP contribution in [0.3, 0.4) is 0 Å². The number of halogens is 2. The van der Waals surface area contributed by atoms with Crippen molar-refractivity contribution in [2.45, 2.75) is 17.4 Å². The van der Waals surface area contributed by atoms with Crippen molar-refractivity contribution in [1.82, 2.24) is 10.2 Å². The lowest BCUT2D eigenvalue weighted by Gasteiger charge is -2.09. The molecule has 5 nitrogen and oxygen atoms in total. The minimum Gasteiger partial charge on any atom is -0.411 e. The van der Waals surface area contributed by atoms with Gasteiger partial charge in [-0.2, -0.15) is 0 Å². The van der Waals surface area contributed by atoms with Crippen molar-refractivity contribution in [2.75, 3.05) is 5.32 Å². The van der Waals surface area contributed by atoms with E-state index >= 15 is 0 Å². The van der Waals surface area contributed by atoms with Gasteiger partial charge in [-0.15, -0.1) is 10.2 Å². The summed E-state index contributed by atoms with van der Waals surface area (Å²) in [5, 5.41) is 10.9. The molecule has 1 atom stereocenters. The van der Waals surface area contributed by atoms with Crippen LogP contribution in [0.5, 0.6) is 0 Å². The van der Waals surface area contributed by atoms with Crippen LogP contribution in [0.15, 0.2) is 67.1 Å². The van der Waals surface area contributed by atoms with Crippen LogP contribution in [0.1, 0.15) is 6.92 Å². The van der Waals surface area contributed by atoms with Gasteiger partial charge < -0.3 is 9.73 Å². The summed E-state index contributed by atoms with van der Waals surface area (Å²) >= 11 is 7.99. The van der Waals surface area contributed by atoms with Crippen LogP contribution in [0, 0.1) is 0 Å². The van der Waals surface area contributed by atoms with Crippen LogP contribution >= 0.6 is 43.6 Å². The summed E-state index contributed by atoms with van der Waals surface area (Å²) in [5.41, 5.74) is 1.56. The number of aromatic nitrogens is 2. The first-order chi connectivity index (χ1) is 12.0. The first kappa shape index (κ1) is 18.2. The standard InChI is InChI=1S/C17H13Br2N3O2S/c1-10(15(23)20-14-7-5-12(18)6-8-14)25-17-22-21-16(24-17)11-3-2-4-13(19)9-11/h2-10H,1H3,(H,20,23)/t10-/m0/s1. The van der Waals surface area contributed by atoms with Crippen molar-refractivity contribution in [1.29, 1.82) is 0 Å². The summed E-state index contributed by atoms with van der Waals surface area (Å²) in [6.07, 6.45) is 0. The van der Waals surface area contributed by atoms with Crippen molar-refractivity contribution < 1.29 is 9.21 Å². The zero-order chi connectivity index (χ0) is 17.8. The molecule has 3 aromatic rings. The van der Waals surface area contributed by atoms with Gasteiger partial charge >= 0.3 is 0 Å². The third-order valence-electron chi connectivity index (χ3n) is 3.24. The average Bonchev–Trinajstić information content (AvgIpc) is 3.05. The van der Waals surface area contributed by atoms with Gasteiger partial charge in [0.1, 0.15) is 0 Å². The smallest absolute Gasteiger partial charge is 0.277 e. The first-order valence-corrected chi connectivity index (χ1v) is 9.80. The van der Waals surface area contributed by atoms with Gasteiger partial charge in [-0.25, -0.2) is 0 Å². The number of hydrogen-bond acceptors (Lipinski definition) is 5. The lowest BCUT2D eigenvalue weighted by atomic mass is 10.2. The quantitative estimate of drug-likeness (QED) is 0.494. The number of nitrogens with zero attached hydrogens (tertiary/aromatic N) is 2. The van der Waals surface area contributed by atoms with Gasteiger partial charge in [0.2, 0.25) is 11.8 Å². The largest absolute Gasteiger partial charge is 0.411 e. The van der Waals surface area contributed by atoms with Crippen molar-refractivity contribution >= 4 is 55.2 Å². The summed E-state index contributed by atoms with van der Waals surface area (Å²) in [5.74, 6) is 0.291. The van der Waals surface area contributed by atoms with E-state index in [2.05, 4.69) is 47.4 Å². The monoisotopic (exact) mass is 481 g/mol. The minimum absolute atomic E-state index is 0.130. The molecule has 1 aromatic heterocycles. The molecule has 0 aliphatic rings. The van der Waals surface area contributed by atoms with E-state index in [1.54, 1.807) is 6.92 Å². The molecule has 8 heteroatoms. The second-order valence-corrected chi connectivity index (χ2v) is 8.26. The molecular weight excluding hydrogens is 470 g/mol. The number of hydrogen-bond donors (Lipinski definition) is 1. The van der Waals surface area contributed by atoms with E-state index < -0.39 is 0 Å². The Hall–Kier alpha value is -1.64. The second kappa shape index (κ2) is 8.16. The van der Waals surface area contributed by atoms with E-state index in [1.165, 1.54) is 11.8 Å². The lowest BCUT2D eigenvalue weighted by molar-refractivity contribution is -0.115. The van der Waals surface area contributed by atoms with E-state index in [1.807, 2.05) is 48.5 Å². The van der Waals surface area contributed by atoms with Crippen molar-refractivity contribution in [3.05, 3.63) is 57.5 Å². The third-order valence-corrected chi connectivity index (χ3v) is 5.19. The second-order valence-electron chi connectivity index (χ2n) is 5.14. The zero-order valence-corrected chi connectivity index (χ0v) is 17.1. The van der Waals surface area contributed by atoms with Crippen molar-refractivity contribution in [3.8, 4) is 11.5 Å². The zero-order valence-electron chi connectivity index (χ0n) is 13.1. The fraction of sp³-hybridized carbons (Fsp3) is 0.118. The number of nitrogens with one attached hydrogen (secondary N) is 1. The molecule has 3 rings (SSSR count). The molecule has 128 valence electrons. The lowest BCUT2D eigenvalue weighted by Crippen LogP contribution is -2.22. The molecule has 1 amide bonds. The number of thioether (sulfide) groups is 1. The number of carbonyl (C=O) groups is 1. The molecule has 0 radical (unpaired) electrons. The fourth-order valence-corrected chi connectivity index (χ4v) is 3.32. The summed E-state index contributed by atoms with van der Waals surface area (Å²) in [7, 11) is 0. The normalized spacial score (nSPS) is 12.0. The van der Waals surface area contributed by atoms with Crippen LogP contribution in [-0.4, -0.2) is 21.4 Å². The maximum atomic E-state index is 12.3. The average molecular weight is 483 g/mol. The summed E-state index contributed by atoms with van der Waals surface area (Å²) < 4.78 is 7.53. The van der Waals surface area contributed by atoms with Crippen LogP contribution in [-0.2, 0) is 4.79 Å². The van der Waals surface area contributed by atoms with Gasteiger partial charge in [-0.05, 0) is 49.4 Å². The van der Waals surface area contributed by atoms with Gasteiger partial charge in [0.25, 0.3) is 5.22 Å². The molecule has 0 bridgehead atoms. The number of amides is 1. The number of rotatable bonds is 5. The molecule has 0 fully saturated rings. The molecular formula is C17H13Br2N3O2S. The Morgan fingerprint density at radius 3 is 2.60 bits per heavy atom. The van der Waals surface area contributed by atoms with Crippen molar-refractivity contribution in [3.63, 3.8) is 0 Å². The Balaban J connectivity index is 1.64. The SMILES string of the molecule is C[C@H](Sc1nnc(-c2cccc(Br)c2)o1)C(=O)Nc1ccc(Br)cc1. The van der Waals surface area contributed by atoms with E-state index in [4.69, 9.17) is 4.42 Å². The molecule has 0 unspecified atom stereocenters. The number of benzene rings is 2. The first-order valence-electron chi connectivity index (χ1n) is 7.34. The summed E-state index contributed by atoms with van der Waals surface area (Å²) in [6, 6.07) is 15.0. The fourth-order valence-electron chi connectivity index (χ4n) is 1.98. The maximum Gasteiger partial charge on any atom is 0.277 e. The highest BCUT2D eigenvalue weighted by atomic mass is 79.9. The molecule has 0 saturated carbocycles. The van der Waals surface area contributed by atoms with Crippen molar-refractivity contribution in [2.24, 2.45) is 0 Å². The Labute approximate surface area is 165 Å². The molecule has 1 N–H and O–H groups in total. The predicted molar refractivity (Wildman–Crippen MR) is 106 cm³/mol. The Morgan fingerprint density at radius 2 is 1.88 bits per heavy atom. The number of carbonyl (C=O) groups excluding carboxylic acids is 1. The van der Waals surface area contributed by atoms with E-state index in [-0.39, 0.29) is 11.2 Å². The highest BCUT2D eigenvalue weighted by molar-refractivity contribution is 9.10. The van der Waals surface area contributed by atoms with E-state index in [9.17, 15) is 4.79 Å². The Bertz CT molecular complexity index is 884. The summed E-state index contributed by atoms with van der Waals surface area (Å²) in [6.45, 7) is 1.79. The molecule has 0 aliphatic carbocycles. The van der Waals surface area contributed by atoms with E-state index in [0.29, 0.717) is 11.1 Å². The third kappa shape index (κ3) is 4.93. The maximum absolute atomic E-state index is 12.3. The molecule has 0 spiro atoms. The van der Waals surface area contributed by atoms with Crippen LogP contribution < -0.4 is 5.32 Å². The topological polar surface area (TPSA) is 68.0 Å². The molecule has 1 heterocycles. The minimum atomic E-state index is -0.376. The molecule has 0 aliphatic heterocycles. The highest BCUT2D eigenvalue weighted by Gasteiger charge is 2.19. The Morgan fingerprint density at radius 1 is 1.12 bits per heavy atom. The van der Waals surface area contributed by atoms with E-state index in [0.717, 1.165) is 20.2 Å². The van der Waals surface area contributed by atoms with Crippen LogP contribution in [0.4, 0.5) is 5.69 Å². The van der Waals surface area contributed by atoms with Gasteiger partial charge in [0, 0.05) is 20.2 Å². The number of anilines is 1.